The smallest absolute Gasteiger partial charge is 0.322 e. The van der Waals surface area contributed by atoms with E-state index in [1.165, 1.54) is 0 Å². The number of piperidine rings is 1. The maximum absolute atomic E-state index is 5.90. The van der Waals surface area contributed by atoms with Gasteiger partial charge in [0.2, 0.25) is 11.2 Å². The van der Waals surface area contributed by atoms with Gasteiger partial charge in [0, 0.05) is 13.1 Å². The Morgan fingerprint density at radius 1 is 1.28 bits per heavy atom. The zero-order valence-corrected chi connectivity index (χ0v) is 11.8. The number of anilines is 1. The first kappa shape index (κ1) is 13.3. The van der Waals surface area contributed by atoms with Gasteiger partial charge < -0.3 is 9.64 Å². The lowest BCUT2D eigenvalue weighted by Crippen LogP contribution is -2.39. The second-order valence-corrected chi connectivity index (χ2v) is 5.15. The standard InChI is InChI=1S/C12H19ClN4O/c1-4-18-12-15-10(13)14-11(16-12)17-6-5-8(2)9(3)7-17/h8-9H,4-7H2,1-3H3. The summed E-state index contributed by atoms with van der Waals surface area (Å²) in [6, 6.07) is 0.304. The van der Waals surface area contributed by atoms with Crippen molar-refractivity contribution in [1.82, 2.24) is 15.0 Å². The Balaban J connectivity index is 2.17. The molecule has 1 aromatic heterocycles. The first-order valence-corrected chi connectivity index (χ1v) is 6.77. The molecular weight excluding hydrogens is 252 g/mol. The number of nitrogens with zero attached hydrogens (tertiary/aromatic N) is 4. The fraction of sp³-hybridized carbons (Fsp3) is 0.750. The lowest BCUT2D eigenvalue weighted by Gasteiger charge is -2.35. The van der Waals surface area contributed by atoms with Crippen molar-refractivity contribution in [1.29, 1.82) is 0 Å². The van der Waals surface area contributed by atoms with Crippen molar-refractivity contribution >= 4 is 17.5 Å². The molecule has 1 saturated heterocycles. The SMILES string of the molecule is CCOc1nc(Cl)nc(N2CCC(C)C(C)C2)n1. The van der Waals surface area contributed by atoms with Gasteiger partial charge in [-0.15, -0.1) is 0 Å². The molecule has 0 aliphatic carbocycles. The third-order valence-corrected chi connectivity index (χ3v) is 3.64. The van der Waals surface area contributed by atoms with Crippen LogP contribution in [0.4, 0.5) is 5.95 Å². The van der Waals surface area contributed by atoms with Crippen LogP contribution >= 0.6 is 11.6 Å². The molecule has 0 spiro atoms. The van der Waals surface area contributed by atoms with Gasteiger partial charge in [-0.05, 0) is 36.8 Å². The molecule has 18 heavy (non-hydrogen) atoms. The summed E-state index contributed by atoms with van der Waals surface area (Å²) < 4.78 is 5.29. The van der Waals surface area contributed by atoms with Gasteiger partial charge in [0.15, 0.2) is 0 Å². The van der Waals surface area contributed by atoms with Crippen LogP contribution in [0.3, 0.4) is 0 Å². The Hall–Kier alpha value is -1.10. The number of hydrogen-bond acceptors (Lipinski definition) is 5. The topological polar surface area (TPSA) is 51.1 Å². The van der Waals surface area contributed by atoms with Gasteiger partial charge in [-0.1, -0.05) is 13.8 Å². The van der Waals surface area contributed by atoms with Crippen molar-refractivity contribution in [2.45, 2.75) is 27.2 Å². The first-order valence-electron chi connectivity index (χ1n) is 6.39. The van der Waals surface area contributed by atoms with Crippen molar-refractivity contribution < 1.29 is 4.74 Å². The summed E-state index contributed by atoms with van der Waals surface area (Å²) in [6.07, 6.45) is 1.15. The van der Waals surface area contributed by atoms with Crippen molar-refractivity contribution in [2.24, 2.45) is 11.8 Å². The highest BCUT2D eigenvalue weighted by Crippen LogP contribution is 2.26. The highest BCUT2D eigenvalue weighted by Gasteiger charge is 2.25. The second-order valence-electron chi connectivity index (χ2n) is 4.81. The first-order chi connectivity index (χ1) is 8.60. The minimum Gasteiger partial charge on any atom is -0.464 e. The number of hydrogen-bond donors (Lipinski definition) is 0. The number of ether oxygens (including phenoxy) is 1. The van der Waals surface area contributed by atoms with E-state index in [0.29, 0.717) is 24.5 Å². The number of halogens is 1. The number of rotatable bonds is 3. The third-order valence-electron chi connectivity index (χ3n) is 3.47. The second kappa shape index (κ2) is 5.69. The van der Waals surface area contributed by atoms with Crippen LogP contribution in [0.5, 0.6) is 6.01 Å². The van der Waals surface area contributed by atoms with Crippen LogP contribution in [0, 0.1) is 11.8 Å². The molecule has 2 atom stereocenters. The highest BCUT2D eigenvalue weighted by molar-refractivity contribution is 6.28. The lowest BCUT2D eigenvalue weighted by molar-refractivity contribution is 0.305. The Bertz CT molecular complexity index is 415. The quantitative estimate of drug-likeness (QED) is 0.844. The fourth-order valence-electron chi connectivity index (χ4n) is 2.10. The highest BCUT2D eigenvalue weighted by atomic mass is 35.5. The van der Waals surface area contributed by atoms with E-state index >= 15 is 0 Å². The summed E-state index contributed by atoms with van der Waals surface area (Å²) in [4.78, 5) is 14.6. The van der Waals surface area contributed by atoms with Gasteiger partial charge in [0.25, 0.3) is 0 Å². The average Bonchev–Trinajstić information content (AvgIpc) is 2.32. The molecule has 1 aromatic rings. The van der Waals surface area contributed by atoms with Crippen LogP contribution in [0.2, 0.25) is 5.28 Å². The molecule has 100 valence electrons. The summed E-state index contributed by atoms with van der Waals surface area (Å²) >= 11 is 5.90. The van der Waals surface area contributed by atoms with Crippen LogP contribution in [0.1, 0.15) is 27.2 Å². The average molecular weight is 271 g/mol. The summed E-state index contributed by atoms with van der Waals surface area (Å²) in [6.45, 7) is 8.86. The molecule has 1 aliphatic rings. The van der Waals surface area contributed by atoms with Gasteiger partial charge in [-0.2, -0.15) is 15.0 Å². The van der Waals surface area contributed by atoms with E-state index in [4.69, 9.17) is 16.3 Å². The molecule has 1 fully saturated rings. The molecule has 1 aliphatic heterocycles. The van der Waals surface area contributed by atoms with Gasteiger partial charge >= 0.3 is 6.01 Å². The Morgan fingerprint density at radius 2 is 2.06 bits per heavy atom. The summed E-state index contributed by atoms with van der Waals surface area (Å²) in [5.41, 5.74) is 0. The minimum atomic E-state index is 0.190. The van der Waals surface area contributed by atoms with Crippen LogP contribution in [-0.4, -0.2) is 34.6 Å². The molecule has 6 heteroatoms. The van der Waals surface area contributed by atoms with Crippen molar-refractivity contribution in [3.8, 4) is 6.01 Å². The molecule has 0 radical (unpaired) electrons. The van der Waals surface area contributed by atoms with Crippen molar-refractivity contribution in [3.63, 3.8) is 0 Å². The van der Waals surface area contributed by atoms with Crippen molar-refractivity contribution in [3.05, 3.63) is 5.28 Å². The van der Waals surface area contributed by atoms with E-state index in [1.54, 1.807) is 0 Å². The lowest BCUT2D eigenvalue weighted by atomic mass is 9.89. The molecule has 0 amide bonds. The van der Waals surface area contributed by atoms with E-state index in [0.717, 1.165) is 25.4 Å². The Kier molecular flexibility index (Phi) is 4.22. The maximum atomic E-state index is 5.90. The Morgan fingerprint density at radius 3 is 2.72 bits per heavy atom. The van der Waals surface area contributed by atoms with Crippen LogP contribution in [0.25, 0.3) is 0 Å². The number of aromatic nitrogens is 3. The van der Waals surface area contributed by atoms with E-state index in [1.807, 2.05) is 6.92 Å². The van der Waals surface area contributed by atoms with E-state index in [-0.39, 0.29) is 5.28 Å². The minimum absolute atomic E-state index is 0.190. The largest absolute Gasteiger partial charge is 0.464 e. The monoisotopic (exact) mass is 270 g/mol. The van der Waals surface area contributed by atoms with Gasteiger partial charge in [0.1, 0.15) is 0 Å². The molecule has 2 heterocycles. The predicted octanol–water partition coefficient (Wildman–Crippen LogP) is 2.41. The molecule has 0 N–H and O–H groups in total. The fourth-order valence-corrected chi connectivity index (χ4v) is 2.25. The van der Waals surface area contributed by atoms with Crippen LogP contribution in [-0.2, 0) is 0 Å². The molecule has 2 unspecified atom stereocenters. The van der Waals surface area contributed by atoms with E-state index < -0.39 is 0 Å². The third kappa shape index (κ3) is 3.02. The van der Waals surface area contributed by atoms with Crippen LogP contribution in [0.15, 0.2) is 0 Å². The zero-order valence-electron chi connectivity index (χ0n) is 11.1. The molecule has 0 bridgehead atoms. The van der Waals surface area contributed by atoms with Gasteiger partial charge in [-0.3, -0.25) is 0 Å². The zero-order chi connectivity index (χ0) is 13.1. The Labute approximate surface area is 113 Å². The van der Waals surface area contributed by atoms with Crippen molar-refractivity contribution in [2.75, 3.05) is 24.6 Å². The van der Waals surface area contributed by atoms with E-state index in [9.17, 15) is 0 Å². The van der Waals surface area contributed by atoms with E-state index in [2.05, 4.69) is 33.7 Å². The molecule has 5 nitrogen and oxygen atoms in total. The molecule has 2 rings (SSSR count). The summed E-state index contributed by atoms with van der Waals surface area (Å²) in [5.74, 6) is 1.99. The maximum Gasteiger partial charge on any atom is 0.322 e. The molecule has 0 aromatic carbocycles. The summed E-state index contributed by atoms with van der Waals surface area (Å²) in [5, 5.41) is 0.190. The molecule has 0 saturated carbocycles. The van der Waals surface area contributed by atoms with Crippen LogP contribution < -0.4 is 9.64 Å². The predicted molar refractivity (Wildman–Crippen MR) is 71.2 cm³/mol. The normalized spacial score (nSPS) is 24.1. The van der Waals surface area contributed by atoms with Gasteiger partial charge in [0.05, 0.1) is 6.61 Å². The molecular formula is C12H19ClN4O. The summed E-state index contributed by atoms with van der Waals surface area (Å²) in [7, 11) is 0. The van der Waals surface area contributed by atoms with Gasteiger partial charge in [-0.25, -0.2) is 0 Å².